The van der Waals surface area contributed by atoms with Gasteiger partial charge < -0.3 is 9.47 Å². The molecule has 0 aromatic carbocycles. The van der Waals surface area contributed by atoms with Crippen molar-refractivity contribution in [3.63, 3.8) is 0 Å². The zero-order valence-corrected chi connectivity index (χ0v) is 12.6. The molecule has 2 heteroatoms. The molecule has 107 valence electrons. The molecule has 0 N–H and O–H groups in total. The summed E-state index contributed by atoms with van der Waals surface area (Å²) in [5, 5.41) is 0. The number of hydrogen-bond donors (Lipinski definition) is 0. The van der Waals surface area contributed by atoms with E-state index in [9.17, 15) is 0 Å². The third-order valence-corrected chi connectivity index (χ3v) is 2.85. The van der Waals surface area contributed by atoms with Crippen LogP contribution in [0, 0.1) is 6.08 Å². The van der Waals surface area contributed by atoms with Crippen LogP contribution in [-0.2, 0) is 9.47 Å². The van der Waals surface area contributed by atoms with E-state index >= 15 is 0 Å². The van der Waals surface area contributed by atoms with Crippen LogP contribution in [0.15, 0.2) is 5.95 Å². The monoisotopic (exact) mass is 255 g/mol. The van der Waals surface area contributed by atoms with Crippen LogP contribution in [0.5, 0.6) is 0 Å². The van der Waals surface area contributed by atoms with Gasteiger partial charge in [-0.15, -0.1) is 0 Å². The average Bonchev–Trinajstić information content (AvgIpc) is 2.37. The summed E-state index contributed by atoms with van der Waals surface area (Å²) in [6.07, 6.45) is 14.9. The summed E-state index contributed by atoms with van der Waals surface area (Å²) in [4.78, 5) is 0. The van der Waals surface area contributed by atoms with Gasteiger partial charge in [0.05, 0.1) is 13.2 Å². The minimum Gasteiger partial charge on any atom is -0.466 e. The van der Waals surface area contributed by atoms with E-state index in [0.717, 1.165) is 6.42 Å². The first-order chi connectivity index (χ1) is 8.85. The van der Waals surface area contributed by atoms with Crippen molar-refractivity contribution in [2.45, 2.75) is 78.6 Å². The Morgan fingerprint density at radius 1 is 0.722 bits per heavy atom. The van der Waals surface area contributed by atoms with Gasteiger partial charge in [0.15, 0.2) is 0 Å². The number of hydrogen-bond acceptors (Lipinski definition) is 2. The summed E-state index contributed by atoms with van der Waals surface area (Å²) < 4.78 is 10.7. The van der Waals surface area contributed by atoms with Crippen LogP contribution in [-0.4, -0.2) is 13.2 Å². The van der Waals surface area contributed by atoms with E-state index in [-0.39, 0.29) is 0 Å². The van der Waals surface area contributed by atoms with Crippen LogP contribution >= 0.6 is 0 Å². The molecule has 0 aromatic heterocycles. The Morgan fingerprint density at radius 2 is 1.22 bits per heavy atom. The summed E-state index contributed by atoms with van der Waals surface area (Å²) in [6, 6.07) is 0. The minimum atomic E-state index is 0.586. The van der Waals surface area contributed by atoms with Gasteiger partial charge in [0, 0.05) is 6.08 Å². The third kappa shape index (κ3) is 11.8. The lowest BCUT2D eigenvalue weighted by Gasteiger charge is -2.07. The topological polar surface area (TPSA) is 18.5 Å². The fourth-order valence-electron chi connectivity index (χ4n) is 1.86. The van der Waals surface area contributed by atoms with Crippen molar-refractivity contribution in [3.8, 4) is 0 Å². The number of ether oxygens (including phenoxy) is 2. The first-order valence-corrected chi connectivity index (χ1v) is 7.71. The Kier molecular flexibility index (Phi) is 13.9. The Hall–Kier alpha value is -0.660. The molecule has 0 aromatic rings. The van der Waals surface area contributed by atoms with Gasteiger partial charge in [-0.1, -0.05) is 51.9 Å². The van der Waals surface area contributed by atoms with Crippen LogP contribution in [0.3, 0.4) is 0 Å². The molecule has 0 aliphatic heterocycles. The number of unbranched alkanes of at least 4 members (excludes halogenated alkanes) is 8. The van der Waals surface area contributed by atoms with E-state index in [4.69, 9.17) is 9.47 Å². The van der Waals surface area contributed by atoms with E-state index < -0.39 is 0 Å². The molecule has 0 aliphatic carbocycles. The van der Waals surface area contributed by atoms with Gasteiger partial charge in [0.1, 0.15) is 0 Å². The SMILES string of the molecule is CCCCCCCCCC[C]=C(OCC)OCC. The van der Waals surface area contributed by atoms with Crippen molar-refractivity contribution in [1.82, 2.24) is 0 Å². The maximum Gasteiger partial charge on any atom is 0.282 e. The first-order valence-electron chi connectivity index (χ1n) is 7.71. The molecule has 0 spiro atoms. The van der Waals surface area contributed by atoms with Crippen LogP contribution in [0.1, 0.15) is 78.6 Å². The summed E-state index contributed by atoms with van der Waals surface area (Å²) in [5.41, 5.74) is 0. The van der Waals surface area contributed by atoms with Gasteiger partial charge in [-0.05, 0) is 26.7 Å². The van der Waals surface area contributed by atoms with Crippen molar-refractivity contribution in [1.29, 1.82) is 0 Å². The predicted octanol–water partition coefficient (Wildman–Crippen LogP) is 5.23. The average molecular weight is 255 g/mol. The predicted molar refractivity (Wildman–Crippen MR) is 77.2 cm³/mol. The van der Waals surface area contributed by atoms with Crippen molar-refractivity contribution < 1.29 is 9.47 Å². The molecule has 2 nitrogen and oxygen atoms in total. The molecule has 0 atom stereocenters. The van der Waals surface area contributed by atoms with E-state index in [1.54, 1.807) is 0 Å². The highest BCUT2D eigenvalue weighted by molar-refractivity contribution is 4.75. The Bertz CT molecular complexity index is 180. The van der Waals surface area contributed by atoms with E-state index in [0.29, 0.717) is 19.2 Å². The zero-order valence-electron chi connectivity index (χ0n) is 12.6. The zero-order chi connectivity index (χ0) is 13.5. The van der Waals surface area contributed by atoms with Crippen molar-refractivity contribution in [2.24, 2.45) is 0 Å². The molecule has 0 amide bonds. The molecule has 0 rings (SSSR count). The molecular formula is C16H31O2. The van der Waals surface area contributed by atoms with Gasteiger partial charge in [-0.2, -0.15) is 0 Å². The molecule has 0 saturated heterocycles. The molecule has 0 heterocycles. The van der Waals surface area contributed by atoms with Crippen LogP contribution in [0.25, 0.3) is 0 Å². The summed E-state index contributed by atoms with van der Waals surface area (Å²) >= 11 is 0. The lowest BCUT2D eigenvalue weighted by molar-refractivity contribution is 0.0432. The second-order valence-electron chi connectivity index (χ2n) is 4.56. The maximum absolute atomic E-state index is 5.34. The van der Waals surface area contributed by atoms with Gasteiger partial charge >= 0.3 is 0 Å². The quantitative estimate of drug-likeness (QED) is 0.331. The molecule has 0 fully saturated rings. The number of rotatable bonds is 13. The Morgan fingerprint density at radius 3 is 1.72 bits per heavy atom. The van der Waals surface area contributed by atoms with Gasteiger partial charge in [-0.25, -0.2) is 0 Å². The van der Waals surface area contributed by atoms with Gasteiger partial charge in [0.2, 0.25) is 0 Å². The second-order valence-corrected chi connectivity index (χ2v) is 4.56. The second kappa shape index (κ2) is 14.4. The molecule has 0 aliphatic rings. The third-order valence-electron chi connectivity index (χ3n) is 2.85. The summed E-state index contributed by atoms with van der Waals surface area (Å²) in [6.45, 7) is 7.50. The smallest absolute Gasteiger partial charge is 0.282 e. The highest BCUT2D eigenvalue weighted by Crippen LogP contribution is 2.10. The van der Waals surface area contributed by atoms with E-state index in [1.807, 2.05) is 13.8 Å². The van der Waals surface area contributed by atoms with E-state index in [1.165, 1.54) is 51.4 Å². The molecule has 0 saturated carbocycles. The van der Waals surface area contributed by atoms with Crippen LogP contribution in [0.2, 0.25) is 0 Å². The Balaban J connectivity index is 3.38. The normalized spacial score (nSPS) is 10.2. The Labute approximate surface area is 114 Å². The molecule has 0 unspecified atom stereocenters. The first kappa shape index (κ1) is 17.3. The van der Waals surface area contributed by atoms with Gasteiger partial charge in [-0.3, -0.25) is 0 Å². The van der Waals surface area contributed by atoms with E-state index in [2.05, 4.69) is 13.0 Å². The molecule has 0 bridgehead atoms. The van der Waals surface area contributed by atoms with Crippen LogP contribution < -0.4 is 0 Å². The highest BCUT2D eigenvalue weighted by Gasteiger charge is 1.97. The molecule has 1 radical (unpaired) electrons. The molecule has 18 heavy (non-hydrogen) atoms. The maximum atomic E-state index is 5.34. The highest BCUT2D eigenvalue weighted by atomic mass is 16.7. The van der Waals surface area contributed by atoms with Crippen molar-refractivity contribution in [2.75, 3.05) is 13.2 Å². The van der Waals surface area contributed by atoms with Crippen molar-refractivity contribution >= 4 is 0 Å². The summed E-state index contributed by atoms with van der Waals surface area (Å²) in [5.74, 6) is 0.586. The van der Waals surface area contributed by atoms with Crippen LogP contribution in [0.4, 0.5) is 0 Å². The lowest BCUT2D eigenvalue weighted by atomic mass is 10.1. The fourth-order valence-corrected chi connectivity index (χ4v) is 1.86. The lowest BCUT2D eigenvalue weighted by Crippen LogP contribution is -1.97. The van der Waals surface area contributed by atoms with Gasteiger partial charge in [0.25, 0.3) is 5.95 Å². The fraction of sp³-hybridized carbons (Fsp3) is 0.875. The largest absolute Gasteiger partial charge is 0.466 e. The number of allylic oxidation sites excluding steroid dienone is 1. The molecular weight excluding hydrogens is 224 g/mol. The summed E-state index contributed by atoms with van der Waals surface area (Å²) in [7, 11) is 0. The standard InChI is InChI=1S/C16H31O2/c1-4-7-8-9-10-11-12-13-14-15-16(17-5-2)18-6-3/h4-14H2,1-3H3. The minimum absolute atomic E-state index is 0.586. The van der Waals surface area contributed by atoms with Crippen molar-refractivity contribution in [3.05, 3.63) is 12.0 Å².